The zero-order valence-corrected chi connectivity index (χ0v) is 13.9. The number of benzene rings is 1. The van der Waals surface area contributed by atoms with Gasteiger partial charge in [-0.3, -0.25) is 9.78 Å². The highest BCUT2D eigenvalue weighted by Gasteiger charge is 2.19. The molecule has 0 saturated carbocycles. The molecule has 6 nitrogen and oxygen atoms in total. The molecule has 1 aromatic carbocycles. The van der Waals surface area contributed by atoms with Gasteiger partial charge in [0.25, 0.3) is 5.91 Å². The largest absolute Gasteiger partial charge is 0.391 e. The number of nitrogens with zero attached hydrogens (tertiary/aromatic N) is 3. The van der Waals surface area contributed by atoms with Gasteiger partial charge in [0.05, 0.1) is 17.8 Å². The Morgan fingerprint density at radius 1 is 1.20 bits per heavy atom. The number of pyridine rings is 1. The summed E-state index contributed by atoms with van der Waals surface area (Å²) >= 11 is 0. The van der Waals surface area contributed by atoms with Crippen molar-refractivity contribution in [2.24, 2.45) is 0 Å². The highest BCUT2D eigenvalue weighted by atomic mass is 16.3. The molecule has 3 aromatic rings. The zero-order chi connectivity index (χ0) is 17.6. The van der Waals surface area contributed by atoms with Crippen molar-refractivity contribution in [3.8, 4) is 5.69 Å². The molecule has 2 atom stereocenters. The summed E-state index contributed by atoms with van der Waals surface area (Å²) in [5.74, 6) is -0.325. The minimum Gasteiger partial charge on any atom is -0.391 e. The van der Waals surface area contributed by atoms with E-state index < -0.39 is 12.1 Å². The second-order valence-electron chi connectivity index (χ2n) is 5.87. The van der Waals surface area contributed by atoms with Crippen LogP contribution in [0.5, 0.6) is 0 Å². The number of rotatable bonds is 6. The van der Waals surface area contributed by atoms with Crippen LogP contribution in [0, 0.1) is 0 Å². The SMILES string of the molecule is CC(NC(=O)c1cc(-n2cccn2)ccn1)C(O)Cc1ccccc1. The number of carbonyl (C=O) groups excluding carboxylic acids is 1. The lowest BCUT2D eigenvalue weighted by atomic mass is 10.0. The molecular formula is C19H20N4O2. The summed E-state index contributed by atoms with van der Waals surface area (Å²) in [6.45, 7) is 1.78. The van der Waals surface area contributed by atoms with E-state index in [0.29, 0.717) is 6.42 Å². The standard InChI is InChI=1S/C19H20N4O2/c1-14(18(24)12-15-6-3-2-4-7-15)22-19(25)17-13-16(8-10-20-17)23-11-5-9-21-23/h2-11,13-14,18,24H,12H2,1H3,(H,22,25). The van der Waals surface area contributed by atoms with Crippen LogP contribution in [0.1, 0.15) is 23.0 Å². The molecule has 6 heteroatoms. The smallest absolute Gasteiger partial charge is 0.270 e. The number of aliphatic hydroxyl groups excluding tert-OH is 1. The molecular weight excluding hydrogens is 316 g/mol. The maximum atomic E-state index is 12.4. The van der Waals surface area contributed by atoms with Crippen LogP contribution in [0.4, 0.5) is 0 Å². The Bertz CT molecular complexity index is 818. The third kappa shape index (κ3) is 4.30. The van der Waals surface area contributed by atoms with E-state index in [0.717, 1.165) is 11.3 Å². The van der Waals surface area contributed by atoms with Crippen LogP contribution in [0.2, 0.25) is 0 Å². The van der Waals surface area contributed by atoms with E-state index >= 15 is 0 Å². The van der Waals surface area contributed by atoms with Crippen LogP contribution in [-0.2, 0) is 6.42 Å². The molecule has 0 bridgehead atoms. The predicted molar refractivity (Wildman–Crippen MR) is 94.4 cm³/mol. The maximum absolute atomic E-state index is 12.4. The molecule has 0 fully saturated rings. The van der Waals surface area contributed by atoms with Gasteiger partial charge < -0.3 is 10.4 Å². The quantitative estimate of drug-likeness (QED) is 0.721. The van der Waals surface area contributed by atoms with E-state index in [9.17, 15) is 9.90 Å². The second-order valence-corrected chi connectivity index (χ2v) is 5.87. The maximum Gasteiger partial charge on any atom is 0.270 e. The summed E-state index contributed by atoms with van der Waals surface area (Å²) in [5.41, 5.74) is 2.06. The molecule has 0 saturated heterocycles. The molecule has 0 aliphatic rings. The van der Waals surface area contributed by atoms with Crippen LogP contribution in [0.15, 0.2) is 67.1 Å². The minimum absolute atomic E-state index is 0.284. The highest BCUT2D eigenvalue weighted by molar-refractivity contribution is 5.92. The van der Waals surface area contributed by atoms with E-state index in [1.165, 1.54) is 0 Å². The summed E-state index contributed by atoms with van der Waals surface area (Å²) < 4.78 is 1.66. The first-order valence-electron chi connectivity index (χ1n) is 8.12. The number of hydrogen-bond acceptors (Lipinski definition) is 4. The number of hydrogen-bond donors (Lipinski definition) is 2. The van der Waals surface area contributed by atoms with Crippen molar-refractivity contribution >= 4 is 5.91 Å². The van der Waals surface area contributed by atoms with E-state index in [2.05, 4.69) is 15.4 Å². The fourth-order valence-electron chi connectivity index (χ4n) is 2.52. The summed E-state index contributed by atoms with van der Waals surface area (Å²) in [4.78, 5) is 16.5. The van der Waals surface area contributed by atoms with Crippen molar-refractivity contribution in [3.63, 3.8) is 0 Å². The first kappa shape index (κ1) is 16.9. The Labute approximate surface area is 146 Å². The summed E-state index contributed by atoms with van der Waals surface area (Å²) in [5, 5.41) is 17.3. The van der Waals surface area contributed by atoms with Crippen LogP contribution < -0.4 is 5.32 Å². The average molecular weight is 336 g/mol. The number of nitrogens with one attached hydrogen (secondary N) is 1. The third-order valence-electron chi connectivity index (χ3n) is 3.97. The molecule has 2 N–H and O–H groups in total. The molecule has 3 rings (SSSR count). The Balaban J connectivity index is 1.64. The van der Waals surface area contributed by atoms with E-state index in [4.69, 9.17) is 0 Å². The molecule has 0 radical (unpaired) electrons. The van der Waals surface area contributed by atoms with Crippen LogP contribution in [0.3, 0.4) is 0 Å². The lowest BCUT2D eigenvalue weighted by molar-refractivity contribution is 0.0847. The van der Waals surface area contributed by atoms with Gasteiger partial charge in [-0.2, -0.15) is 5.10 Å². The number of aliphatic hydroxyl groups is 1. The predicted octanol–water partition coefficient (Wildman–Crippen LogP) is 1.99. The molecule has 25 heavy (non-hydrogen) atoms. The normalized spacial score (nSPS) is 13.2. The zero-order valence-electron chi connectivity index (χ0n) is 13.9. The lowest BCUT2D eigenvalue weighted by Crippen LogP contribution is -2.42. The first-order valence-corrected chi connectivity index (χ1v) is 8.12. The van der Waals surface area contributed by atoms with Gasteiger partial charge in [0.15, 0.2) is 0 Å². The highest BCUT2D eigenvalue weighted by Crippen LogP contribution is 2.09. The van der Waals surface area contributed by atoms with Crippen molar-refractivity contribution in [1.29, 1.82) is 0 Å². The Morgan fingerprint density at radius 3 is 2.72 bits per heavy atom. The molecule has 2 heterocycles. The van der Waals surface area contributed by atoms with Crippen molar-refractivity contribution in [2.45, 2.75) is 25.5 Å². The van der Waals surface area contributed by atoms with Gasteiger partial charge in [-0.15, -0.1) is 0 Å². The first-order chi connectivity index (χ1) is 12.1. The van der Waals surface area contributed by atoms with Gasteiger partial charge in [0.2, 0.25) is 0 Å². The monoisotopic (exact) mass is 336 g/mol. The van der Waals surface area contributed by atoms with Gasteiger partial charge in [0, 0.05) is 25.0 Å². The third-order valence-corrected chi connectivity index (χ3v) is 3.97. The van der Waals surface area contributed by atoms with Crippen molar-refractivity contribution in [2.75, 3.05) is 0 Å². The van der Waals surface area contributed by atoms with Gasteiger partial charge in [0.1, 0.15) is 5.69 Å². The summed E-state index contributed by atoms with van der Waals surface area (Å²) in [7, 11) is 0. The summed E-state index contributed by atoms with van der Waals surface area (Å²) in [6, 6.07) is 14.5. The number of amides is 1. The van der Waals surface area contributed by atoms with Gasteiger partial charge in [-0.05, 0) is 30.7 Å². The minimum atomic E-state index is -0.680. The van der Waals surface area contributed by atoms with Gasteiger partial charge >= 0.3 is 0 Å². The van der Waals surface area contributed by atoms with Gasteiger partial charge in [-0.1, -0.05) is 30.3 Å². The van der Waals surface area contributed by atoms with Gasteiger partial charge in [-0.25, -0.2) is 4.68 Å². The molecule has 0 spiro atoms. The van der Waals surface area contributed by atoms with Crippen LogP contribution in [0.25, 0.3) is 5.69 Å². The molecule has 2 aromatic heterocycles. The van der Waals surface area contributed by atoms with E-state index in [1.54, 1.807) is 42.3 Å². The number of aromatic nitrogens is 3. The average Bonchev–Trinajstić information content (AvgIpc) is 3.17. The Morgan fingerprint density at radius 2 is 2.00 bits per heavy atom. The van der Waals surface area contributed by atoms with Crippen LogP contribution in [-0.4, -0.2) is 37.9 Å². The topological polar surface area (TPSA) is 80.0 Å². The van der Waals surface area contributed by atoms with E-state index in [-0.39, 0.29) is 11.6 Å². The fraction of sp³-hybridized carbons (Fsp3) is 0.211. The molecule has 2 unspecified atom stereocenters. The molecule has 128 valence electrons. The van der Waals surface area contributed by atoms with E-state index in [1.807, 2.05) is 36.4 Å². The molecule has 0 aliphatic carbocycles. The Kier molecular flexibility index (Phi) is 5.20. The summed E-state index contributed by atoms with van der Waals surface area (Å²) in [6.07, 6.45) is 4.83. The van der Waals surface area contributed by atoms with Crippen LogP contribution >= 0.6 is 0 Å². The van der Waals surface area contributed by atoms with Crippen molar-refractivity contribution in [3.05, 3.63) is 78.4 Å². The number of carbonyl (C=O) groups is 1. The lowest BCUT2D eigenvalue weighted by Gasteiger charge is -2.20. The van der Waals surface area contributed by atoms with Crippen molar-refractivity contribution < 1.29 is 9.90 Å². The second kappa shape index (κ2) is 7.72. The fourth-order valence-corrected chi connectivity index (χ4v) is 2.52. The Hall–Kier alpha value is -2.99. The molecule has 1 amide bonds. The van der Waals surface area contributed by atoms with Crippen molar-refractivity contribution in [1.82, 2.24) is 20.1 Å². The molecule has 0 aliphatic heterocycles.